The van der Waals surface area contributed by atoms with E-state index < -0.39 is 5.97 Å². The number of hydrogen-bond donors (Lipinski definition) is 3. The molecule has 5 heteroatoms. The summed E-state index contributed by atoms with van der Waals surface area (Å²) in [5.41, 5.74) is 1.20. The number of amides is 1. The number of benzene rings is 1. The summed E-state index contributed by atoms with van der Waals surface area (Å²) in [6, 6.07) is 6.98. The maximum Gasteiger partial charge on any atom is 0.322 e. The maximum atomic E-state index is 11.2. The molecule has 0 heterocycles. The summed E-state index contributed by atoms with van der Waals surface area (Å²) >= 11 is 0. The Hall–Kier alpha value is -2.04. The summed E-state index contributed by atoms with van der Waals surface area (Å²) in [6.07, 6.45) is 0.382. The van der Waals surface area contributed by atoms with Crippen LogP contribution in [-0.4, -0.2) is 23.5 Å². The summed E-state index contributed by atoms with van der Waals surface area (Å²) in [6.45, 7) is 1.57. The molecule has 0 aliphatic rings. The van der Waals surface area contributed by atoms with Crippen molar-refractivity contribution in [3.8, 4) is 0 Å². The lowest BCUT2D eigenvalue weighted by atomic mass is 10.2. The highest BCUT2D eigenvalue weighted by molar-refractivity contribution is 5.94. The van der Waals surface area contributed by atoms with Crippen LogP contribution >= 0.6 is 0 Å². The second-order valence-electron chi connectivity index (χ2n) is 3.19. The van der Waals surface area contributed by atoms with Crippen molar-refractivity contribution in [3.63, 3.8) is 0 Å². The predicted molar refractivity (Wildman–Crippen MR) is 61.5 cm³/mol. The molecule has 0 radical (unpaired) electrons. The van der Waals surface area contributed by atoms with E-state index in [0.717, 1.165) is 0 Å². The van der Waals surface area contributed by atoms with E-state index in [1.54, 1.807) is 31.2 Å². The molecule has 1 rings (SSSR count). The molecule has 1 amide bonds. The van der Waals surface area contributed by atoms with E-state index >= 15 is 0 Å². The highest BCUT2D eigenvalue weighted by Crippen LogP contribution is 2.20. The molecule has 1 aromatic carbocycles. The molecule has 3 N–H and O–H groups in total. The molecule has 0 saturated carbocycles. The molecule has 0 saturated heterocycles. The van der Waals surface area contributed by atoms with Crippen LogP contribution in [0.15, 0.2) is 24.3 Å². The van der Waals surface area contributed by atoms with Gasteiger partial charge in [-0.1, -0.05) is 19.1 Å². The third-order valence-corrected chi connectivity index (χ3v) is 1.95. The van der Waals surface area contributed by atoms with E-state index in [9.17, 15) is 9.59 Å². The van der Waals surface area contributed by atoms with Crippen LogP contribution in [0.4, 0.5) is 11.4 Å². The van der Waals surface area contributed by atoms with Crippen LogP contribution in [0.2, 0.25) is 0 Å². The number of carbonyl (C=O) groups is 2. The number of hydrogen-bond acceptors (Lipinski definition) is 3. The van der Waals surface area contributed by atoms with Gasteiger partial charge in [-0.3, -0.25) is 9.59 Å². The van der Waals surface area contributed by atoms with Gasteiger partial charge in [-0.05, 0) is 12.1 Å². The van der Waals surface area contributed by atoms with Crippen molar-refractivity contribution in [2.75, 3.05) is 17.2 Å². The smallest absolute Gasteiger partial charge is 0.322 e. The zero-order valence-electron chi connectivity index (χ0n) is 8.99. The number of carbonyl (C=O) groups excluding carboxylic acids is 1. The third-order valence-electron chi connectivity index (χ3n) is 1.95. The molecule has 0 spiro atoms. The summed E-state index contributed by atoms with van der Waals surface area (Å²) in [4.78, 5) is 21.6. The molecule has 86 valence electrons. The van der Waals surface area contributed by atoms with Crippen LogP contribution in [0, 0.1) is 0 Å². The van der Waals surface area contributed by atoms with Crippen molar-refractivity contribution in [2.45, 2.75) is 13.3 Å². The Morgan fingerprint density at radius 3 is 2.44 bits per heavy atom. The predicted octanol–water partition coefficient (Wildman–Crippen LogP) is 1.53. The molecule has 0 bridgehead atoms. The summed E-state index contributed by atoms with van der Waals surface area (Å²) in [7, 11) is 0. The van der Waals surface area contributed by atoms with E-state index in [-0.39, 0.29) is 12.5 Å². The molecular weight excluding hydrogens is 208 g/mol. The van der Waals surface area contributed by atoms with Crippen LogP contribution in [0.3, 0.4) is 0 Å². The van der Waals surface area contributed by atoms with Crippen LogP contribution in [0.25, 0.3) is 0 Å². The van der Waals surface area contributed by atoms with Gasteiger partial charge in [0.05, 0.1) is 11.4 Å². The SMILES string of the molecule is CCC(=O)Nc1ccccc1NCC(=O)O. The monoisotopic (exact) mass is 222 g/mol. The minimum atomic E-state index is -0.948. The van der Waals surface area contributed by atoms with Crippen molar-refractivity contribution < 1.29 is 14.7 Å². The van der Waals surface area contributed by atoms with Crippen LogP contribution in [-0.2, 0) is 9.59 Å². The number of rotatable bonds is 5. The van der Waals surface area contributed by atoms with E-state index in [1.165, 1.54) is 0 Å². The second kappa shape index (κ2) is 5.75. The van der Waals surface area contributed by atoms with Gasteiger partial charge in [-0.15, -0.1) is 0 Å². The fourth-order valence-electron chi connectivity index (χ4n) is 1.16. The van der Waals surface area contributed by atoms with E-state index in [0.29, 0.717) is 17.8 Å². The summed E-state index contributed by atoms with van der Waals surface area (Å²) in [5.74, 6) is -1.05. The number of aliphatic carboxylic acids is 1. The number of anilines is 2. The molecule has 0 fully saturated rings. The number of nitrogens with one attached hydrogen (secondary N) is 2. The fraction of sp³-hybridized carbons (Fsp3) is 0.273. The van der Waals surface area contributed by atoms with E-state index in [1.807, 2.05) is 0 Å². The Kier molecular flexibility index (Phi) is 4.32. The van der Waals surface area contributed by atoms with Crippen LogP contribution in [0.1, 0.15) is 13.3 Å². The zero-order valence-corrected chi connectivity index (χ0v) is 8.99. The van der Waals surface area contributed by atoms with Crippen LogP contribution < -0.4 is 10.6 Å². The zero-order chi connectivity index (χ0) is 12.0. The fourth-order valence-corrected chi connectivity index (χ4v) is 1.16. The first-order valence-electron chi connectivity index (χ1n) is 4.98. The highest BCUT2D eigenvalue weighted by Gasteiger charge is 2.05. The maximum absolute atomic E-state index is 11.2. The van der Waals surface area contributed by atoms with Gasteiger partial charge in [0.2, 0.25) is 5.91 Å². The van der Waals surface area contributed by atoms with Gasteiger partial charge in [0.1, 0.15) is 6.54 Å². The Morgan fingerprint density at radius 1 is 1.25 bits per heavy atom. The van der Waals surface area contributed by atoms with E-state index in [4.69, 9.17) is 5.11 Å². The molecule has 0 unspecified atom stereocenters. The van der Waals surface area contributed by atoms with Gasteiger partial charge >= 0.3 is 5.97 Å². The van der Waals surface area contributed by atoms with Crippen LogP contribution in [0.5, 0.6) is 0 Å². The Bertz CT molecular complexity index is 391. The first-order chi connectivity index (χ1) is 7.63. The van der Waals surface area contributed by atoms with Gasteiger partial charge in [0.15, 0.2) is 0 Å². The standard InChI is InChI=1S/C11H14N2O3/c1-2-10(14)13-9-6-4-3-5-8(9)12-7-11(15)16/h3-6,12H,2,7H2,1H3,(H,13,14)(H,15,16). The number of para-hydroxylation sites is 2. The topological polar surface area (TPSA) is 78.4 Å². The quantitative estimate of drug-likeness (QED) is 0.706. The third kappa shape index (κ3) is 3.61. The molecule has 0 aliphatic carbocycles. The average Bonchev–Trinajstić information content (AvgIpc) is 2.27. The summed E-state index contributed by atoms with van der Waals surface area (Å²) in [5, 5.41) is 14.0. The first kappa shape index (κ1) is 12.0. The molecule has 0 aliphatic heterocycles. The molecule has 0 atom stereocenters. The van der Waals surface area contributed by atoms with Crippen molar-refractivity contribution in [1.82, 2.24) is 0 Å². The second-order valence-corrected chi connectivity index (χ2v) is 3.19. The van der Waals surface area contributed by atoms with Crippen molar-refractivity contribution in [2.24, 2.45) is 0 Å². The van der Waals surface area contributed by atoms with Crippen molar-refractivity contribution >= 4 is 23.3 Å². The highest BCUT2D eigenvalue weighted by atomic mass is 16.4. The largest absolute Gasteiger partial charge is 0.480 e. The normalized spacial score (nSPS) is 9.56. The molecule has 0 aromatic heterocycles. The minimum Gasteiger partial charge on any atom is -0.480 e. The molecule has 1 aromatic rings. The van der Waals surface area contributed by atoms with Gasteiger partial charge < -0.3 is 15.7 Å². The number of carboxylic acids is 1. The average molecular weight is 222 g/mol. The lowest BCUT2D eigenvalue weighted by molar-refractivity contribution is -0.134. The Labute approximate surface area is 93.5 Å². The molecule has 5 nitrogen and oxygen atoms in total. The van der Waals surface area contributed by atoms with Gasteiger partial charge in [0.25, 0.3) is 0 Å². The number of carboxylic acid groups (broad SMARTS) is 1. The molecule has 16 heavy (non-hydrogen) atoms. The van der Waals surface area contributed by atoms with Gasteiger partial charge in [-0.25, -0.2) is 0 Å². The Balaban J connectivity index is 2.74. The van der Waals surface area contributed by atoms with Gasteiger partial charge in [-0.2, -0.15) is 0 Å². The minimum absolute atomic E-state index is 0.107. The van der Waals surface area contributed by atoms with Crippen molar-refractivity contribution in [1.29, 1.82) is 0 Å². The Morgan fingerprint density at radius 2 is 1.88 bits per heavy atom. The summed E-state index contributed by atoms with van der Waals surface area (Å²) < 4.78 is 0. The van der Waals surface area contributed by atoms with E-state index in [2.05, 4.69) is 10.6 Å². The first-order valence-corrected chi connectivity index (χ1v) is 4.98. The molecular formula is C11H14N2O3. The van der Waals surface area contributed by atoms with Gasteiger partial charge in [0, 0.05) is 6.42 Å². The van der Waals surface area contributed by atoms with Crippen molar-refractivity contribution in [3.05, 3.63) is 24.3 Å². The lowest BCUT2D eigenvalue weighted by Crippen LogP contribution is -2.15. The lowest BCUT2D eigenvalue weighted by Gasteiger charge is -2.10.